The van der Waals surface area contributed by atoms with Crippen molar-refractivity contribution in [1.82, 2.24) is 5.32 Å². The summed E-state index contributed by atoms with van der Waals surface area (Å²) in [5.74, 6) is 2.23. The Morgan fingerprint density at radius 2 is 1.85 bits per heavy atom. The molecule has 5 nitrogen and oxygen atoms in total. The highest BCUT2D eigenvalue weighted by Crippen LogP contribution is 2.68. The maximum atomic E-state index is 11.7. The van der Waals surface area contributed by atoms with Crippen LogP contribution >= 0.6 is 0 Å². The summed E-state index contributed by atoms with van der Waals surface area (Å²) in [6.07, 6.45) is 11.1. The first kappa shape index (κ1) is 25.2. The largest absolute Gasteiger partial charge is 0.393 e. The van der Waals surface area contributed by atoms with E-state index < -0.39 is 0 Å². The molecule has 0 aromatic carbocycles. The zero-order valence-electron chi connectivity index (χ0n) is 21.2. The maximum absolute atomic E-state index is 11.7. The van der Waals surface area contributed by atoms with Gasteiger partial charge in [-0.2, -0.15) is 0 Å². The standard InChI is InChI=1S/C28H47NO4/c1-5-29-25(33)9-7-6-8-17(2)20-10-11-21-26-22(16-24(32)28(20,21)4)27(3)13-12-19(30)14-18(27)15-23(26)31/h7,9,17-24,26,30-32H,5-6,8,10-16H2,1-4H3,(H,29,33). The molecule has 11 unspecified atom stereocenters. The highest BCUT2D eigenvalue weighted by molar-refractivity contribution is 5.87. The lowest BCUT2D eigenvalue weighted by atomic mass is 9.43. The SMILES string of the molecule is CCNC(=O)C=CCCC(C)C1CCC2C3C(O)CC4CC(O)CCC4(C)C3CC(O)C12C. The molecule has 4 rings (SSSR count). The van der Waals surface area contributed by atoms with Crippen molar-refractivity contribution in [2.24, 2.45) is 46.3 Å². The number of hydrogen-bond acceptors (Lipinski definition) is 4. The van der Waals surface area contributed by atoms with Crippen molar-refractivity contribution < 1.29 is 20.1 Å². The van der Waals surface area contributed by atoms with E-state index in [-0.39, 0.29) is 41.0 Å². The number of hydrogen-bond donors (Lipinski definition) is 4. The second-order valence-electron chi connectivity index (χ2n) is 12.4. The van der Waals surface area contributed by atoms with Crippen LogP contribution in [-0.4, -0.2) is 46.1 Å². The van der Waals surface area contributed by atoms with Crippen molar-refractivity contribution in [3.05, 3.63) is 12.2 Å². The highest BCUT2D eigenvalue weighted by Gasteiger charge is 2.65. The lowest BCUT2D eigenvalue weighted by Gasteiger charge is -2.63. The zero-order valence-corrected chi connectivity index (χ0v) is 21.2. The van der Waals surface area contributed by atoms with Crippen molar-refractivity contribution in [3.63, 3.8) is 0 Å². The summed E-state index contributed by atoms with van der Waals surface area (Å²) in [7, 11) is 0. The van der Waals surface area contributed by atoms with Crippen LogP contribution in [-0.2, 0) is 4.79 Å². The Morgan fingerprint density at radius 1 is 1.09 bits per heavy atom. The van der Waals surface area contributed by atoms with E-state index in [1.807, 2.05) is 13.0 Å². The fraction of sp³-hybridized carbons (Fsp3) is 0.893. The molecule has 4 fully saturated rings. The monoisotopic (exact) mass is 461 g/mol. The van der Waals surface area contributed by atoms with Crippen LogP contribution in [0.1, 0.15) is 85.5 Å². The summed E-state index contributed by atoms with van der Waals surface area (Å²) in [5, 5.41) is 36.1. The third-order valence-electron chi connectivity index (χ3n) is 10.9. The van der Waals surface area contributed by atoms with Crippen molar-refractivity contribution in [1.29, 1.82) is 0 Å². The Morgan fingerprint density at radius 3 is 2.58 bits per heavy atom. The molecule has 0 aromatic heterocycles. The molecule has 0 aromatic rings. The van der Waals surface area contributed by atoms with E-state index in [1.54, 1.807) is 6.08 Å². The molecule has 4 N–H and O–H groups in total. The molecular formula is C28H47NO4. The number of amides is 1. The number of nitrogens with one attached hydrogen (secondary N) is 1. The molecule has 0 bridgehead atoms. The lowest BCUT2D eigenvalue weighted by Crippen LogP contribution is -2.62. The normalized spacial score (nSPS) is 48.1. The summed E-state index contributed by atoms with van der Waals surface area (Å²) >= 11 is 0. The fourth-order valence-electron chi connectivity index (χ4n) is 9.12. The van der Waals surface area contributed by atoms with Crippen molar-refractivity contribution in [2.75, 3.05) is 6.54 Å². The Bertz CT molecular complexity index is 739. The summed E-state index contributed by atoms with van der Waals surface area (Å²) in [6.45, 7) is 9.58. The van der Waals surface area contributed by atoms with E-state index in [2.05, 4.69) is 26.1 Å². The quantitative estimate of drug-likeness (QED) is 0.449. The lowest BCUT2D eigenvalue weighted by molar-refractivity contribution is -0.207. The minimum absolute atomic E-state index is 0.0277. The van der Waals surface area contributed by atoms with Gasteiger partial charge in [0.2, 0.25) is 5.91 Å². The molecule has 1 amide bonds. The molecule has 5 heteroatoms. The van der Waals surface area contributed by atoms with Crippen LogP contribution < -0.4 is 5.32 Å². The topological polar surface area (TPSA) is 89.8 Å². The van der Waals surface area contributed by atoms with Crippen molar-refractivity contribution >= 4 is 5.91 Å². The number of carbonyl (C=O) groups is 1. The van der Waals surface area contributed by atoms with Crippen LogP contribution in [0.5, 0.6) is 0 Å². The number of likely N-dealkylation sites (N-methyl/N-ethyl adjacent to an activating group) is 1. The predicted molar refractivity (Wildman–Crippen MR) is 130 cm³/mol. The molecule has 4 aliphatic carbocycles. The summed E-state index contributed by atoms with van der Waals surface area (Å²) < 4.78 is 0. The minimum Gasteiger partial charge on any atom is -0.393 e. The van der Waals surface area contributed by atoms with Gasteiger partial charge in [0.1, 0.15) is 0 Å². The molecule has 4 aliphatic rings. The number of allylic oxidation sites excluding steroid dienone is 1. The average molecular weight is 462 g/mol. The molecular weight excluding hydrogens is 414 g/mol. The third-order valence-corrected chi connectivity index (χ3v) is 10.9. The van der Waals surface area contributed by atoms with Crippen LogP contribution in [0.2, 0.25) is 0 Å². The molecule has 11 atom stereocenters. The van der Waals surface area contributed by atoms with Gasteiger partial charge in [-0.05, 0) is 117 Å². The summed E-state index contributed by atoms with van der Waals surface area (Å²) in [4.78, 5) is 11.7. The van der Waals surface area contributed by atoms with E-state index >= 15 is 0 Å². The van der Waals surface area contributed by atoms with Gasteiger partial charge in [0.05, 0.1) is 18.3 Å². The highest BCUT2D eigenvalue weighted by atomic mass is 16.3. The molecule has 188 valence electrons. The van der Waals surface area contributed by atoms with Gasteiger partial charge >= 0.3 is 0 Å². The number of fused-ring (bicyclic) bond motifs is 5. The van der Waals surface area contributed by atoms with Crippen LogP contribution in [0.3, 0.4) is 0 Å². The second kappa shape index (κ2) is 9.62. The molecule has 0 spiro atoms. The minimum atomic E-state index is -0.334. The van der Waals surface area contributed by atoms with Crippen molar-refractivity contribution in [2.45, 2.75) is 104 Å². The van der Waals surface area contributed by atoms with Crippen LogP contribution in [0.25, 0.3) is 0 Å². The zero-order chi connectivity index (χ0) is 24.0. The van der Waals surface area contributed by atoms with E-state index in [0.29, 0.717) is 36.1 Å². The Hall–Kier alpha value is -0.910. The van der Waals surface area contributed by atoms with E-state index in [9.17, 15) is 20.1 Å². The van der Waals surface area contributed by atoms with Gasteiger partial charge in [0.15, 0.2) is 0 Å². The molecule has 0 saturated heterocycles. The van der Waals surface area contributed by atoms with Crippen LogP contribution in [0.15, 0.2) is 12.2 Å². The van der Waals surface area contributed by atoms with Gasteiger partial charge in [-0.3, -0.25) is 4.79 Å². The fourth-order valence-corrected chi connectivity index (χ4v) is 9.12. The van der Waals surface area contributed by atoms with Gasteiger partial charge in [0.25, 0.3) is 0 Å². The summed E-state index contributed by atoms with van der Waals surface area (Å²) in [6, 6.07) is 0. The number of aliphatic hydroxyl groups is 3. The molecule has 0 aliphatic heterocycles. The van der Waals surface area contributed by atoms with Gasteiger partial charge in [-0.15, -0.1) is 0 Å². The van der Waals surface area contributed by atoms with E-state index in [4.69, 9.17) is 0 Å². The first-order valence-corrected chi connectivity index (χ1v) is 13.6. The molecule has 0 heterocycles. The molecule has 4 saturated carbocycles. The van der Waals surface area contributed by atoms with E-state index in [1.165, 1.54) is 0 Å². The van der Waals surface area contributed by atoms with E-state index in [0.717, 1.165) is 57.8 Å². The summed E-state index contributed by atoms with van der Waals surface area (Å²) in [5.41, 5.74) is -0.0266. The molecule has 33 heavy (non-hydrogen) atoms. The second-order valence-corrected chi connectivity index (χ2v) is 12.4. The Kier molecular flexibility index (Phi) is 7.34. The number of rotatable bonds is 6. The smallest absolute Gasteiger partial charge is 0.243 e. The maximum Gasteiger partial charge on any atom is 0.243 e. The third kappa shape index (κ3) is 4.31. The predicted octanol–water partition coefficient (Wildman–Crippen LogP) is 4.06. The Labute approximate surface area is 200 Å². The van der Waals surface area contributed by atoms with Gasteiger partial charge in [0, 0.05) is 6.54 Å². The van der Waals surface area contributed by atoms with Crippen LogP contribution in [0.4, 0.5) is 0 Å². The van der Waals surface area contributed by atoms with Crippen molar-refractivity contribution in [3.8, 4) is 0 Å². The first-order valence-electron chi connectivity index (χ1n) is 13.6. The van der Waals surface area contributed by atoms with Gasteiger partial charge in [-0.25, -0.2) is 0 Å². The molecule has 0 radical (unpaired) electrons. The number of carbonyl (C=O) groups excluding carboxylic acids is 1. The Balaban J connectivity index is 1.48. The number of aliphatic hydroxyl groups excluding tert-OH is 3. The van der Waals surface area contributed by atoms with Gasteiger partial charge < -0.3 is 20.6 Å². The first-order chi connectivity index (χ1) is 15.6. The van der Waals surface area contributed by atoms with Gasteiger partial charge in [-0.1, -0.05) is 26.8 Å². The average Bonchev–Trinajstić information content (AvgIpc) is 3.12. The van der Waals surface area contributed by atoms with Crippen LogP contribution in [0, 0.1) is 46.3 Å².